The quantitative estimate of drug-likeness (QED) is 0.521. The molecule has 0 spiro atoms. The summed E-state index contributed by atoms with van der Waals surface area (Å²) in [5.74, 6) is 2.42. The molecular formula is C24H32N2O2. The van der Waals surface area contributed by atoms with Crippen LogP contribution in [0.25, 0.3) is 11.0 Å². The van der Waals surface area contributed by atoms with Crippen molar-refractivity contribution in [1.82, 2.24) is 9.55 Å². The molecule has 0 bridgehead atoms. The SMILES string of the molecule is Cc1cc2nc(CCO)n(CCCCOc3ccccc3C(C)C)c2cc1C. The van der Waals surface area contributed by atoms with E-state index in [0.717, 1.165) is 42.0 Å². The highest BCUT2D eigenvalue weighted by Crippen LogP contribution is 2.26. The molecule has 28 heavy (non-hydrogen) atoms. The standard InChI is InChI=1S/C24H32N2O2/c1-17(2)20-9-5-6-10-23(20)28-14-8-7-12-26-22-16-19(4)18(3)15-21(22)25-24(26)11-13-27/h5-6,9-10,15-17,27H,7-8,11-14H2,1-4H3. The van der Waals surface area contributed by atoms with Crippen LogP contribution in [0.4, 0.5) is 0 Å². The lowest BCUT2D eigenvalue weighted by atomic mass is 10.0. The van der Waals surface area contributed by atoms with Gasteiger partial charge in [0.25, 0.3) is 0 Å². The second-order valence-electron chi connectivity index (χ2n) is 7.83. The molecule has 1 heterocycles. The minimum atomic E-state index is 0.121. The molecule has 0 aliphatic heterocycles. The number of aromatic nitrogens is 2. The summed E-state index contributed by atoms with van der Waals surface area (Å²) >= 11 is 0. The van der Waals surface area contributed by atoms with E-state index in [-0.39, 0.29) is 6.61 Å². The van der Waals surface area contributed by atoms with Crippen molar-refractivity contribution in [1.29, 1.82) is 0 Å². The Morgan fingerprint density at radius 2 is 1.82 bits per heavy atom. The van der Waals surface area contributed by atoms with E-state index in [2.05, 4.69) is 62.6 Å². The van der Waals surface area contributed by atoms with Crippen molar-refractivity contribution in [2.45, 2.75) is 59.4 Å². The van der Waals surface area contributed by atoms with E-state index >= 15 is 0 Å². The van der Waals surface area contributed by atoms with Crippen molar-refractivity contribution in [3.05, 3.63) is 58.9 Å². The zero-order valence-electron chi connectivity index (χ0n) is 17.5. The summed E-state index contributed by atoms with van der Waals surface area (Å²) in [6.07, 6.45) is 2.58. The first-order chi connectivity index (χ1) is 13.5. The largest absolute Gasteiger partial charge is 0.493 e. The van der Waals surface area contributed by atoms with E-state index in [9.17, 15) is 5.11 Å². The van der Waals surface area contributed by atoms with E-state index in [1.54, 1.807) is 0 Å². The molecule has 0 aliphatic rings. The maximum absolute atomic E-state index is 9.41. The van der Waals surface area contributed by atoms with Crippen LogP contribution in [0.1, 0.15) is 55.1 Å². The van der Waals surface area contributed by atoms with Gasteiger partial charge in [-0.2, -0.15) is 0 Å². The first kappa shape index (κ1) is 20.4. The maximum atomic E-state index is 9.41. The first-order valence-electron chi connectivity index (χ1n) is 10.3. The summed E-state index contributed by atoms with van der Waals surface area (Å²) in [6.45, 7) is 10.4. The van der Waals surface area contributed by atoms with E-state index < -0.39 is 0 Å². The number of aliphatic hydroxyl groups excluding tert-OH is 1. The average Bonchev–Trinajstić information content (AvgIpc) is 2.98. The van der Waals surface area contributed by atoms with E-state index in [1.807, 2.05) is 6.07 Å². The first-order valence-corrected chi connectivity index (χ1v) is 10.3. The minimum Gasteiger partial charge on any atom is -0.493 e. The molecule has 1 aromatic heterocycles. The number of para-hydroxylation sites is 1. The highest BCUT2D eigenvalue weighted by molar-refractivity contribution is 5.78. The van der Waals surface area contributed by atoms with Gasteiger partial charge in [-0.15, -0.1) is 0 Å². The Morgan fingerprint density at radius 1 is 1.07 bits per heavy atom. The van der Waals surface area contributed by atoms with Crippen LogP contribution in [0.2, 0.25) is 0 Å². The van der Waals surface area contributed by atoms with Crippen molar-refractivity contribution in [3.8, 4) is 5.75 Å². The van der Waals surface area contributed by atoms with Gasteiger partial charge in [-0.05, 0) is 67.5 Å². The maximum Gasteiger partial charge on any atom is 0.122 e. The topological polar surface area (TPSA) is 47.3 Å². The fourth-order valence-electron chi connectivity index (χ4n) is 3.61. The Kier molecular flexibility index (Phi) is 6.74. The van der Waals surface area contributed by atoms with E-state index in [0.29, 0.717) is 18.9 Å². The molecule has 150 valence electrons. The summed E-state index contributed by atoms with van der Waals surface area (Å²) in [7, 11) is 0. The molecule has 0 saturated carbocycles. The average molecular weight is 381 g/mol. The predicted octanol–water partition coefficient (Wildman–Crippen LogP) is 5.17. The number of rotatable bonds is 9. The molecule has 0 saturated heterocycles. The number of hydrogen-bond acceptors (Lipinski definition) is 3. The number of nitrogens with zero attached hydrogens (tertiary/aromatic N) is 2. The lowest BCUT2D eigenvalue weighted by Crippen LogP contribution is -2.08. The molecule has 0 amide bonds. The van der Waals surface area contributed by atoms with Crippen LogP contribution in [-0.4, -0.2) is 27.9 Å². The van der Waals surface area contributed by atoms with Gasteiger partial charge in [-0.25, -0.2) is 4.98 Å². The van der Waals surface area contributed by atoms with Gasteiger partial charge >= 0.3 is 0 Å². The molecule has 0 aliphatic carbocycles. The van der Waals surface area contributed by atoms with Gasteiger partial charge in [0.2, 0.25) is 0 Å². The van der Waals surface area contributed by atoms with Crippen molar-refractivity contribution in [2.24, 2.45) is 0 Å². The molecule has 4 nitrogen and oxygen atoms in total. The van der Waals surface area contributed by atoms with Crippen LogP contribution in [-0.2, 0) is 13.0 Å². The Balaban J connectivity index is 1.64. The minimum absolute atomic E-state index is 0.121. The molecule has 2 aromatic carbocycles. The number of aryl methyl sites for hydroxylation is 3. The van der Waals surface area contributed by atoms with Gasteiger partial charge in [0.1, 0.15) is 11.6 Å². The van der Waals surface area contributed by atoms with Crippen LogP contribution in [0.3, 0.4) is 0 Å². The normalized spacial score (nSPS) is 11.5. The molecule has 0 fully saturated rings. The van der Waals surface area contributed by atoms with Crippen molar-refractivity contribution in [2.75, 3.05) is 13.2 Å². The van der Waals surface area contributed by atoms with E-state index in [4.69, 9.17) is 9.72 Å². The molecule has 0 radical (unpaired) electrons. The zero-order valence-corrected chi connectivity index (χ0v) is 17.5. The van der Waals surface area contributed by atoms with E-state index in [1.165, 1.54) is 16.7 Å². The third kappa shape index (κ3) is 4.56. The highest BCUT2D eigenvalue weighted by Gasteiger charge is 2.12. The summed E-state index contributed by atoms with van der Waals surface area (Å²) in [5, 5.41) is 9.41. The number of imidazole rings is 1. The number of aliphatic hydroxyl groups is 1. The molecule has 1 N–H and O–H groups in total. The molecule has 3 rings (SSSR count). The Hall–Kier alpha value is -2.33. The Bertz CT molecular complexity index is 928. The monoisotopic (exact) mass is 380 g/mol. The fraction of sp³-hybridized carbons (Fsp3) is 0.458. The van der Waals surface area contributed by atoms with Crippen molar-refractivity contribution in [3.63, 3.8) is 0 Å². The summed E-state index contributed by atoms with van der Waals surface area (Å²) in [6, 6.07) is 12.7. The third-order valence-corrected chi connectivity index (χ3v) is 5.35. The van der Waals surface area contributed by atoms with Gasteiger partial charge in [-0.3, -0.25) is 0 Å². The van der Waals surface area contributed by atoms with Gasteiger partial charge in [0, 0.05) is 13.0 Å². The Morgan fingerprint density at radius 3 is 2.57 bits per heavy atom. The zero-order chi connectivity index (χ0) is 20.1. The number of benzene rings is 2. The smallest absolute Gasteiger partial charge is 0.122 e. The molecule has 0 atom stereocenters. The van der Waals surface area contributed by atoms with Crippen LogP contribution in [0.15, 0.2) is 36.4 Å². The lowest BCUT2D eigenvalue weighted by Gasteiger charge is -2.14. The molecule has 0 unspecified atom stereocenters. The lowest BCUT2D eigenvalue weighted by molar-refractivity contribution is 0.291. The van der Waals surface area contributed by atoms with Crippen LogP contribution in [0, 0.1) is 13.8 Å². The second kappa shape index (κ2) is 9.24. The summed E-state index contributed by atoms with van der Waals surface area (Å²) < 4.78 is 8.32. The van der Waals surface area contributed by atoms with Gasteiger partial charge in [0.15, 0.2) is 0 Å². The summed E-state index contributed by atoms with van der Waals surface area (Å²) in [4.78, 5) is 4.75. The third-order valence-electron chi connectivity index (χ3n) is 5.35. The van der Waals surface area contributed by atoms with Crippen LogP contribution in [0.5, 0.6) is 5.75 Å². The van der Waals surface area contributed by atoms with Crippen LogP contribution >= 0.6 is 0 Å². The van der Waals surface area contributed by atoms with Gasteiger partial charge in [0.05, 0.1) is 24.2 Å². The number of ether oxygens (including phenoxy) is 1. The Labute approximate surface area is 168 Å². The fourth-order valence-corrected chi connectivity index (χ4v) is 3.61. The van der Waals surface area contributed by atoms with Gasteiger partial charge in [-0.1, -0.05) is 32.0 Å². The van der Waals surface area contributed by atoms with Crippen molar-refractivity contribution >= 4 is 11.0 Å². The number of fused-ring (bicyclic) bond motifs is 1. The van der Waals surface area contributed by atoms with Gasteiger partial charge < -0.3 is 14.4 Å². The molecular weight excluding hydrogens is 348 g/mol. The van der Waals surface area contributed by atoms with Crippen molar-refractivity contribution < 1.29 is 9.84 Å². The number of unbranched alkanes of at least 4 members (excludes halogenated alkanes) is 1. The predicted molar refractivity (Wildman–Crippen MR) is 115 cm³/mol. The number of hydrogen-bond donors (Lipinski definition) is 1. The van der Waals surface area contributed by atoms with Crippen LogP contribution < -0.4 is 4.74 Å². The highest BCUT2D eigenvalue weighted by atomic mass is 16.5. The molecule has 3 aromatic rings. The summed E-state index contributed by atoms with van der Waals surface area (Å²) in [5.41, 5.74) is 5.98. The molecule has 4 heteroatoms. The second-order valence-corrected chi connectivity index (χ2v) is 7.83.